The fourth-order valence-corrected chi connectivity index (χ4v) is 3.49. The molecule has 1 aliphatic rings. The molecule has 0 radical (unpaired) electrons. The Balaban J connectivity index is 1.68. The zero-order valence-electron chi connectivity index (χ0n) is 13.3. The van der Waals surface area contributed by atoms with Gasteiger partial charge in [0.1, 0.15) is 5.82 Å². The molecule has 0 aliphatic heterocycles. The lowest BCUT2D eigenvalue weighted by Crippen LogP contribution is -2.50. The smallest absolute Gasteiger partial charge is 0.252 e. The van der Waals surface area contributed by atoms with Gasteiger partial charge in [0.25, 0.3) is 5.91 Å². The van der Waals surface area contributed by atoms with E-state index in [-0.39, 0.29) is 17.3 Å². The summed E-state index contributed by atoms with van der Waals surface area (Å²) in [4.78, 5) is 12.9. The van der Waals surface area contributed by atoms with Gasteiger partial charge in [-0.2, -0.15) is 0 Å². The molecule has 120 valence electrons. The van der Waals surface area contributed by atoms with Crippen LogP contribution >= 0.6 is 0 Å². The molecule has 0 saturated heterocycles. The van der Waals surface area contributed by atoms with E-state index in [0.29, 0.717) is 5.56 Å². The van der Waals surface area contributed by atoms with Crippen LogP contribution in [0.15, 0.2) is 66.7 Å². The zero-order chi connectivity index (χ0) is 16.6. The second-order valence-corrected chi connectivity index (χ2v) is 6.42. The average Bonchev–Trinajstić information content (AvgIpc) is 2.58. The number of carbonyl (C=O) groups is 1. The Kier molecular flexibility index (Phi) is 3.57. The molecule has 0 atom stereocenters. The first-order valence-electron chi connectivity index (χ1n) is 8.24. The summed E-state index contributed by atoms with van der Waals surface area (Å²) in [5.41, 5.74) is 1.28. The highest BCUT2D eigenvalue weighted by Gasteiger charge is 2.40. The van der Waals surface area contributed by atoms with Gasteiger partial charge in [-0.15, -0.1) is 0 Å². The van der Waals surface area contributed by atoms with Crippen molar-refractivity contribution >= 4 is 16.7 Å². The molecular formula is C21H18FNO. The molecular weight excluding hydrogens is 301 g/mol. The first kappa shape index (κ1) is 14.9. The minimum Gasteiger partial charge on any atom is -0.343 e. The van der Waals surface area contributed by atoms with E-state index in [2.05, 4.69) is 5.32 Å². The molecule has 1 fully saturated rings. The Bertz CT molecular complexity index is 892. The molecule has 0 spiro atoms. The molecule has 0 unspecified atom stereocenters. The molecule has 3 heteroatoms. The van der Waals surface area contributed by atoms with Gasteiger partial charge in [0.05, 0.1) is 5.54 Å². The predicted molar refractivity (Wildman–Crippen MR) is 93.3 cm³/mol. The highest BCUT2D eigenvalue weighted by Crippen LogP contribution is 2.41. The van der Waals surface area contributed by atoms with Crippen molar-refractivity contribution in [3.63, 3.8) is 0 Å². The number of hydrogen-bond acceptors (Lipinski definition) is 1. The maximum absolute atomic E-state index is 13.2. The summed E-state index contributed by atoms with van der Waals surface area (Å²) in [5, 5.41) is 5.21. The number of rotatable bonds is 3. The summed E-state index contributed by atoms with van der Waals surface area (Å²) in [5.74, 6) is -0.329. The van der Waals surface area contributed by atoms with Crippen LogP contribution in [-0.4, -0.2) is 5.91 Å². The molecule has 4 rings (SSSR count). The largest absolute Gasteiger partial charge is 0.343 e. The summed E-state index contributed by atoms with van der Waals surface area (Å²) < 4.78 is 13.2. The Morgan fingerprint density at radius 3 is 2.33 bits per heavy atom. The maximum Gasteiger partial charge on any atom is 0.252 e. The van der Waals surface area contributed by atoms with Crippen LogP contribution in [0.4, 0.5) is 4.39 Å². The van der Waals surface area contributed by atoms with Crippen LogP contribution in [0, 0.1) is 5.82 Å². The van der Waals surface area contributed by atoms with Gasteiger partial charge < -0.3 is 5.32 Å². The SMILES string of the molecule is O=C(NC1(c2ccc(F)cc2)CCC1)c1cccc2ccccc12. The van der Waals surface area contributed by atoms with Gasteiger partial charge in [0, 0.05) is 5.56 Å². The number of nitrogens with one attached hydrogen (secondary N) is 1. The highest BCUT2D eigenvalue weighted by atomic mass is 19.1. The van der Waals surface area contributed by atoms with Crippen molar-refractivity contribution in [1.82, 2.24) is 5.32 Å². The van der Waals surface area contributed by atoms with Crippen LogP contribution in [0.2, 0.25) is 0 Å². The van der Waals surface area contributed by atoms with E-state index in [9.17, 15) is 9.18 Å². The lowest BCUT2D eigenvalue weighted by Gasteiger charge is -2.43. The summed E-state index contributed by atoms with van der Waals surface area (Å²) in [6.07, 6.45) is 2.83. The molecule has 24 heavy (non-hydrogen) atoms. The van der Waals surface area contributed by atoms with Crippen molar-refractivity contribution in [1.29, 1.82) is 0 Å². The van der Waals surface area contributed by atoms with Crippen LogP contribution in [0.5, 0.6) is 0 Å². The van der Waals surface area contributed by atoms with E-state index in [1.807, 2.05) is 42.5 Å². The van der Waals surface area contributed by atoms with Gasteiger partial charge >= 0.3 is 0 Å². The predicted octanol–water partition coefficient (Wildman–Crippen LogP) is 4.79. The van der Waals surface area contributed by atoms with E-state index < -0.39 is 0 Å². The third-order valence-electron chi connectivity index (χ3n) is 4.99. The van der Waals surface area contributed by atoms with Crippen LogP contribution in [0.25, 0.3) is 10.8 Å². The van der Waals surface area contributed by atoms with Crippen molar-refractivity contribution in [2.24, 2.45) is 0 Å². The van der Waals surface area contributed by atoms with Crippen molar-refractivity contribution < 1.29 is 9.18 Å². The van der Waals surface area contributed by atoms with Crippen LogP contribution in [-0.2, 0) is 5.54 Å². The van der Waals surface area contributed by atoms with E-state index in [1.165, 1.54) is 12.1 Å². The van der Waals surface area contributed by atoms with Gasteiger partial charge in [-0.25, -0.2) is 4.39 Å². The Morgan fingerprint density at radius 2 is 1.62 bits per heavy atom. The molecule has 3 aromatic rings. The number of fused-ring (bicyclic) bond motifs is 1. The Morgan fingerprint density at radius 1 is 0.917 bits per heavy atom. The highest BCUT2D eigenvalue weighted by molar-refractivity contribution is 6.07. The van der Waals surface area contributed by atoms with Gasteiger partial charge in [-0.05, 0) is 53.8 Å². The monoisotopic (exact) mass is 319 g/mol. The molecule has 3 aromatic carbocycles. The van der Waals surface area contributed by atoms with E-state index >= 15 is 0 Å². The lowest BCUT2D eigenvalue weighted by atomic mass is 9.71. The Labute approximate surface area is 140 Å². The molecule has 0 aromatic heterocycles. The fraction of sp³-hybridized carbons (Fsp3) is 0.190. The summed E-state index contributed by atoms with van der Waals surface area (Å²) >= 11 is 0. The topological polar surface area (TPSA) is 29.1 Å². The summed E-state index contributed by atoms with van der Waals surface area (Å²) in [6.45, 7) is 0. The molecule has 1 N–H and O–H groups in total. The number of benzene rings is 3. The lowest BCUT2D eigenvalue weighted by molar-refractivity contribution is 0.0825. The van der Waals surface area contributed by atoms with Gasteiger partial charge in [-0.3, -0.25) is 4.79 Å². The van der Waals surface area contributed by atoms with Crippen molar-refractivity contribution in [3.05, 3.63) is 83.7 Å². The second-order valence-electron chi connectivity index (χ2n) is 6.42. The molecule has 2 nitrogen and oxygen atoms in total. The number of halogens is 1. The molecule has 0 bridgehead atoms. The second kappa shape index (κ2) is 5.75. The molecule has 0 heterocycles. The van der Waals surface area contributed by atoms with Crippen LogP contribution < -0.4 is 5.32 Å². The quantitative estimate of drug-likeness (QED) is 0.739. The number of amides is 1. The first-order chi connectivity index (χ1) is 11.7. The molecule has 1 saturated carbocycles. The molecule has 1 aliphatic carbocycles. The maximum atomic E-state index is 13.2. The average molecular weight is 319 g/mol. The third-order valence-corrected chi connectivity index (χ3v) is 4.99. The van der Waals surface area contributed by atoms with Crippen molar-refractivity contribution in [2.45, 2.75) is 24.8 Å². The fourth-order valence-electron chi connectivity index (χ4n) is 3.49. The summed E-state index contributed by atoms with van der Waals surface area (Å²) in [6, 6.07) is 20.1. The van der Waals surface area contributed by atoms with E-state index in [4.69, 9.17) is 0 Å². The van der Waals surface area contributed by atoms with Crippen molar-refractivity contribution in [2.75, 3.05) is 0 Å². The summed E-state index contributed by atoms with van der Waals surface area (Å²) in [7, 11) is 0. The normalized spacial score (nSPS) is 15.7. The minimum absolute atomic E-state index is 0.0733. The third kappa shape index (κ3) is 2.46. The van der Waals surface area contributed by atoms with Gasteiger partial charge in [-0.1, -0.05) is 48.5 Å². The van der Waals surface area contributed by atoms with Gasteiger partial charge in [0.2, 0.25) is 0 Å². The number of carbonyl (C=O) groups excluding carboxylic acids is 1. The van der Waals surface area contributed by atoms with Gasteiger partial charge in [0.15, 0.2) is 0 Å². The Hall–Kier alpha value is -2.68. The van der Waals surface area contributed by atoms with Crippen LogP contribution in [0.3, 0.4) is 0 Å². The zero-order valence-corrected chi connectivity index (χ0v) is 13.3. The van der Waals surface area contributed by atoms with E-state index in [0.717, 1.165) is 35.6 Å². The minimum atomic E-state index is -0.373. The van der Waals surface area contributed by atoms with Crippen molar-refractivity contribution in [3.8, 4) is 0 Å². The standard InChI is InChI=1S/C21H18FNO/c22-17-11-9-16(10-12-17)21(13-4-14-21)23-20(24)19-8-3-6-15-5-1-2-7-18(15)19/h1-3,5-12H,4,13-14H2,(H,23,24). The number of hydrogen-bond donors (Lipinski definition) is 1. The first-order valence-corrected chi connectivity index (χ1v) is 8.24. The van der Waals surface area contributed by atoms with Crippen LogP contribution in [0.1, 0.15) is 35.2 Å². The molecule has 1 amide bonds. The van der Waals surface area contributed by atoms with E-state index in [1.54, 1.807) is 12.1 Å².